The van der Waals surface area contributed by atoms with Crippen LogP contribution in [0, 0.1) is 11.6 Å². The van der Waals surface area contributed by atoms with Gasteiger partial charge in [-0.25, -0.2) is 8.78 Å². The summed E-state index contributed by atoms with van der Waals surface area (Å²) in [6, 6.07) is 6.08. The first kappa shape index (κ1) is 10.4. The highest BCUT2D eigenvalue weighted by molar-refractivity contribution is 8.01. The molecule has 0 bridgehead atoms. The molecule has 1 aromatic heterocycles. The predicted molar refractivity (Wildman–Crippen MR) is 59.2 cm³/mol. The Morgan fingerprint density at radius 3 is 2.67 bits per heavy atom. The Bertz CT molecular complexity index is 469. The molecule has 0 unspecified atom stereocenters. The number of nitrogen functional groups attached to an aromatic ring is 1. The van der Waals surface area contributed by atoms with E-state index >= 15 is 0 Å². The molecule has 0 saturated carbocycles. The van der Waals surface area contributed by atoms with Crippen molar-refractivity contribution in [3.05, 3.63) is 41.3 Å². The molecular formula is C10H7F2NS2. The minimum atomic E-state index is -0.881. The van der Waals surface area contributed by atoms with Gasteiger partial charge in [0.25, 0.3) is 0 Å². The maximum absolute atomic E-state index is 13.4. The Kier molecular flexibility index (Phi) is 2.93. The van der Waals surface area contributed by atoms with Crippen LogP contribution in [0.25, 0.3) is 0 Å². The molecular weight excluding hydrogens is 236 g/mol. The number of halogens is 2. The molecule has 0 fully saturated rings. The zero-order valence-corrected chi connectivity index (χ0v) is 9.17. The molecule has 0 atom stereocenters. The minimum absolute atomic E-state index is 0.150. The molecule has 0 aliphatic rings. The average Bonchev–Trinajstić information content (AvgIpc) is 2.71. The molecule has 2 aromatic rings. The van der Waals surface area contributed by atoms with E-state index in [1.54, 1.807) is 0 Å². The third-order valence-electron chi connectivity index (χ3n) is 1.78. The molecule has 0 radical (unpaired) electrons. The van der Waals surface area contributed by atoms with Crippen LogP contribution in [0.3, 0.4) is 0 Å². The van der Waals surface area contributed by atoms with E-state index in [1.807, 2.05) is 17.5 Å². The van der Waals surface area contributed by atoms with E-state index < -0.39 is 11.6 Å². The summed E-state index contributed by atoms with van der Waals surface area (Å²) < 4.78 is 27.2. The summed E-state index contributed by atoms with van der Waals surface area (Å²) in [7, 11) is 0. The van der Waals surface area contributed by atoms with E-state index in [4.69, 9.17) is 5.73 Å². The van der Waals surface area contributed by atoms with Crippen LogP contribution in [0.1, 0.15) is 0 Å². The van der Waals surface area contributed by atoms with Crippen LogP contribution >= 0.6 is 23.1 Å². The quantitative estimate of drug-likeness (QED) is 0.813. The maximum atomic E-state index is 13.4. The highest BCUT2D eigenvalue weighted by Gasteiger charge is 2.13. The van der Waals surface area contributed by atoms with Crippen LogP contribution < -0.4 is 5.73 Å². The maximum Gasteiger partial charge on any atom is 0.174 e. The van der Waals surface area contributed by atoms with E-state index in [1.165, 1.54) is 17.4 Å². The Labute approximate surface area is 93.9 Å². The second kappa shape index (κ2) is 4.20. The summed E-state index contributed by atoms with van der Waals surface area (Å²) in [4.78, 5) is 0.150. The summed E-state index contributed by atoms with van der Waals surface area (Å²) in [5.41, 5.74) is 5.84. The van der Waals surface area contributed by atoms with Gasteiger partial charge in [0.2, 0.25) is 0 Å². The van der Waals surface area contributed by atoms with Crippen LogP contribution in [0.4, 0.5) is 14.5 Å². The third kappa shape index (κ3) is 2.13. The van der Waals surface area contributed by atoms with E-state index in [9.17, 15) is 8.78 Å². The van der Waals surface area contributed by atoms with Crippen molar-refractivity contribution in [2.24, 2.45) is 0 Å². The van der Waals surface area contributed by atoms with Gasteiger partial charge in [-0.3, -0.25) is 0 Å². The van der Waals surface area contributed by atoms with Gasteiger partial charge < -0.3 is 5.73 Å². The second-order valence-electron chi connectivity index (χ2n) is 2.81. The molecule has 2 rings (SSSR count). The predicted octanol–water partition coefficient (Wildman–Crippen LogP) is 3.76. The van der Waals surface area contributed by atoms with Crippen molar-refractivity contribution >= 4 is 28.8 Å². The van der Waals surface area contributed by atoms with Crippen molar-refractivity contribution in [3.63, 3.8) is 0 Å². The molecule has 1 nitrogen and oxygen atoms in total. The highest BCUT2D eigenvalue weighted by Crippen LogP contribution is 2.37. The van der Waals surface area contributed by atoms with Gasteiger partial charge in [0.1, 0.15) is 0 Å². The third-order valence-corrected chi connectivity index (χ3v) is 3.93. The summed E-state index contributed by atoms with van der Waals surface area (Å²) in [5.74, 6) is -1.75. The monoisotopic (exact) mass is 243 g/mol. The lowest BCUT2D eigenvalue weighted by Gasteiger charge is -2.05. The second-order valence-corrected chi connectivity index (χ2v) is 5.07. The van der Waals surface area contributed by atoms with Gasteiger partial charge in [-0.2, -0.15) is 0 Å². The number of thiophene rings is 1. The van der Waals surface area contributed by atoms with Crippen molar-refractivity contribution in [2.45, 2.75) is 9.10 Å². The van der Waals surface area contributed by atoms with Crippen LogP contribution in [-0.4, -0.2) is 0 Å². The van der Waals surface area contributed by atoms with Gasteiger partial charge in [0.15, 0.2) is 11.6 Å². The lowest BCUT2D eigenvalue weighted by atomic mass is 10.3. The van der Waals surface area contributed by atoms with E-state index in [2.05, 4.69) is 0 Å². The fraction of sp³-hybridized carbons (Fsp3) is 0. The summed E-state index contributed by atoms with van der Waals surface area (Å²) in [6.07, 6.45) is 0. The average molecular weight is 243 g/mol. The van der Waals surface area contributed by atoms with Crippen molar-refractivity contribution in [2.75, 3.05) is 5.73 Å². The lowest BCUT2D eigenvalue weighted by Crippen LogP contribution is -1.94. The smallest absolute Gasteiger partial charge is 0.174 e. The first-order valence-corrected chi connectivity index (χ1v) is 5.83. The van der Waals surface area contributed by atoms with Crippen LogP contribution in [-0.2, 0) is 0 Å². The van der Waals surface area contributed by atoms with Crippen LogP contribution in [0.2, 0.25) is 0 Å². The minimum Gasteiger partial charge on any atom is -0.398 e. The van der Waals surface area contributed by atoms with Gasteiger partial charge in [0, 0.05) is 5.69 Å². The first-order valence-electron chi connectivity index (χ1n) is 4.13. The van der Waals surface area contributed by atoms with Gasteiger partial charge >= 0.3 is 0 Å². The number of hydrogen-bond acceptors (Lipinski definition) is 3. The molecule has 15 heavy (non-hydrogen) atoms. The molecule has 0 aliphatic carbocycles. The fourth-order valence-electron chi connectivity index (χ4n) is 1.07. The highest BCUT2D eigenvalue weighted by atomic mass is 32.2. The van der Waals surface area contributed by atoms with Gasteiger partial charge in [-0.15, -0.1) is 11.3 Å². The van der Waals surface area contributed by atoms with E-state index in [0.29, 0.717) is 0 Å². The molecule has 5 heteroatoms. The molecule has 2 N–H and O–H groups in total. The van der Waals surface area contributed by atoms with Gasteiger partial charge in [0.05, 0.1) is 9.10 Å². The summed E-state index contributed by atoms with van der Waals surface area (Å²) in [6.45, 7) is 0. The van der Waals surface area contributed by atoms with Gasteiger partial charge in [-0.05, 0) is 23.6 Å². The summed E-state index contributed by atoms with van der Waals surface area (Å²) >= 11 is 2.60. The molecule has 78 valence electrons. The number of benzene rings is 1. The largest absolute Gasteiger partial charge is 0.398 e. The van der Waals surface area contributed by atoms with Crippen molar-refractivity contribution in [1.82, 2.24) is 0 Å². The van der Waals surface area contributed by atoms with Crippen molar-refractivity contribution in [3.8, 4) is 0 Å². The zero-order chi connectivity index (χ0) is 10.8. The normalized spacial score (nSPS) is 10.5. The van der Waals surface area contributed by atoms with Gasteiger partial charge in [-0.1, -0.05) is 17.8 Å². The standard InChI is InChI=1S/C10H7F2NS2/c11-6-3-4-7(13)10(9(6)12)15-8-2-1-5-14-8/h1-5H,13H2. The SMILES string of the molecule is Nc1ccc(F)c(F)c1Sc1cccs1. The number of rotatable bonds is 2. The number of hydrogen-bond donors (Lipinski definition) is 1. The zero-order valence-electron chi connectivity index (χ0n) is 7.54. The molecule has 1 aromatic carbocycles. The Balaban J connectivity index is 2.39. The molecule has 0 spiro atoms. The molecule has 0 aliphatic heterocycles. The first-order chi connectivity index (χ1) is 7.18. The molecule has 1 heterocycles. The fourth-order valence-corrected chi connectivity index (χ4v) is 2.85. The van der Waals surface area contributed by atoms with Crippen LogP contribution in [0.5, 0.6) is 0 Å². The summed E-state index contributed by atoms with van der Waals surface area (Å²) in [5, 5.41) is 1.87. The Morgan fingerprint density at radius 2 is 2.00 bits per heavy atom. The van der Waals surface area contributed by atoms with Crippen molar-refractivity contribution < 1.29 is 8.78 Å². The topological polar surface area (TPSA) is 26.0 Å². The number of nitrogens with two attached hydrogens (primary N) is 1. The molecule has 0 amide bonds. The molecule has 0 saturated heterocycles. The lowest BCUT2D eigenvalue weighted by molar-refractivity contribution is 0.492. The Morgan fingerprint density at radius 1 is 1.20 bits per heavy atom. The van der Waals surface area contributed by atoms with Crippen molar-refractivity contribution in [1.29, 1.82) is 0 Å². The van der Waals surface area contributed by atoms with E-state index in [0.717, 1.165) is 22.0 Å². The van der Waals surface area contributed by atoms with Crippen LogP contribution in [0.15, 0.2) is 38.8 Å². The Hall–Kier alpha value is -1.07. The van der Waals surface area contributed by atoms with E-state index in [-0.39, 0.29) is 10.6 Å². The number of anilines is 1.